The van der Waals surface area contributed by atoms with Gasteiger partial charge in [0.1, 0.15) is 19.0 Å². The Morgan fingerprint density at radius 3 is 2.68 bits per heavy atom. The molecule has 1 aromatic heterocycles. The molecule has 1 N–H and O–H groups in total. The molecule has 0 bridgehead atoms. The smallest absolute Gasteiger partial charge is 0.161 e. The zero-order valence-corrected chi connectivity index (χ0v) is 10.9. The molecular weight excluding hydrogens is 242 g/mol. The zero-order chi connectivity index (χ0) is 13.1. The highest BCUT2D eigenvalue weighted by Gasteiger charge is 2.11. The van der Waals surface area contributed by atoms with Gasteiger partial charge in [-0.25, -0.2) is 0 Å². The number of hydrogen-bond donors (Lipinski definition) is 1. The Balaban J connectivity index is 1.59. The fourth-order valence-corrected chi connectivity index (χ4v) is 2.10. The molecular formula is C15H17NO3. The fraction of sp³-hybridized carbons (Fsp3) is 0.333. The fourth-order valence-electron chi connectivity index (χ4n) is 2.10. The van der Waals surface area contributed by atoms with Crippen molar-refractivity contribution < 1.29 is 13.9 Å². The predicted octanol–water partition coefficient (Wildman–Crippen LogP) is 2.65. The van der Waals surface area contributed by atoms with E-state index < -0.39 is 0 Å². The molecule has 0 spiro atoms. The van der Waals surface area contributed by atoms with Gasteiger partial charge in [-0.2, -0.15) is 0 Å². The van der Waals surface area contributed by atoms with Crippen molar-refractivity contribution in [3.8, 4) is 11.5 Å². The predicted molar refractivity (Wildman–Crippen MR) is 71.4 cm³/mol. The van der Waals surface area contributed by atoms with Crippen LogP contribution >= 0.6 is 0 Å². The lowest BCUT2D eigenvalue weighted by Gasteiger charge is -2.18. The number of aryl methyl sites for hydroxylation is 1. The third kappa shape index (κ3) is 2.74. The molecule has 100 valence electrons. The summed E-state index contributed by atoms with van der Waals surface area (Å²) in [6, 6.07) is 8.01. The summed E-state index contributed by atoms with van der Waals surface area (Å²) in [5.41, 5.74) is 2.35. The largest absolute Gasteiger partial charge is 0.486 e. The van der Waals surface area contributed by atoms with Gasteiger partial charge in [-0.15, -0.1) is 0 Å². The van der Waals surface area contributed by atoms with E-state index in [-0.39, 0.29) is 0 Å². The second kappa shape index (κ2) is 5.36. The molecule has 4 heteroatoms. The third-order valence-electron chi connectivity index (χ3n) is 3.19. The molecule has 4 nitrogen and oxygen atoms in total. The molecule has 0 saturated heterocycles. The Bertz CT molecular complexity index is 562. The topological polar surface area (TPSA) is 43.6 Å². The van der Waals surface area contributed by atoms with Crippen molar-refractivity contribution in [2.75, 3.05) is 13.2 Å². The van der Waals surface area contributed by atoms with Gasteiger partial charge in [-0.1, -0.05) is 6.07 Å². The first kappa shape index (κ1) is 12.1. The van der Waals surface area contributed by atoms with Crippen molar-refractivity contribution in [3.05, 3.63) is 47.4 Å². The van der Waals surface area contributed by atoms with Crippen LogP contribution in [0.4, 0.5) is 0 Å². The minimum Gasteiger partial charge on any atom is -0.486 e. The summed E-state index contributed by atoms with van der Waals surface area (Å²) >= 11 is 0. The third-order valence-corrected chi connectivity index (χ3v) is 3.19. The first-order valence-corrected chi connectivity index (χ1v) is 6.45. The van der Waals surface area contributed by atoms with E-state index in [9.17, 15) is 0 Å². The van der Waals surface area contributed by atoms with Gasteiger partial charge in [0.25, 0.3) is 0 Å². The molecule has 0 atom stereocenters. The Morgan fingerprint density at radius 1 is 1.05 bits per heavy atom. The normalized spacial score (nSPS) is 13.5. The van der Waals surface area contributed by atoms with Gasteiger partial charge < -0.3 is 19.2 Å². The van der Waals surface area contributed by atoms with Crippen molar-refractivity contribution in [2.45, 2.75) is 20.0 Å². The van der Waals surface area contributed by atoms with Crippen LogP contribution in [0.2, 0.25) is 0 Å². The number of rotatable bonds is 4. The minimum absolute atomic E-state index is 0.621. The first-order valence-electron chi connectivity index (χ1n) is 6.45. The summed E-state index contributed by atoms with van der Waals surface area (Å²) in [5, 5.41) is 3.36. The molecule has 0 fully saturated rings. The maximum atomic E-state index is 5.56. The van der Waals surface area contributed by atoms with Gasteiger partial charge in [0.05, 0.1) is 12.8 Å². The highest BCUT2D eigenvalue weighted by molar-refractivity contribution is 5.43. The highest BCUT2D eigenvalue weighted by atomic mass is 16.6. The van der Waals surface area contributed by atoms with Crippen LogP contribution in [0.3, 0.4) is 0 Å². The van der Waals surface area contributed by atoms with E-state index >= 15 is 0 Å². The van der Waals surface area contributed by atoms with Crippen molar-refractivity contribution in [1.29, 1.82) is 0 Å². The lowest BCUT2D eigenvalue weighted by molar-refractivity contribution is 0.171. The van der Waals surface area contributed by atoms with Crippen molar-refractivity contribution >= 4 is 0 Å². The lowest BCUT2D eigenvalue weighted by Crippen LogP contribution is -2.16. The van der Waals surface area contributed by atoms with E-state index in [4.69, 9.17) is 13.9 Å². The van der Waals surface area contributed by atoms with Gasteiger partial charge in [0, 0.05) is 6.54 Å². The quantitative estimate of drug-likeness (QED) is 0.916. The van der Waals surface area contributed by atoms with Crippen molar-refractivity contribution in [1.82, 2.24) is 5.32 Å². The average molecular weight is 259 g/mol. The number of benzene rings is 1. The van der Waals surface area contributed by atoms with Crippen LogP contribution in [0.15, 0.2) is 34.9 Å². The van der Waals surface area contributed by atoms with Crippen LogP contribution in [0.25, 0.3) is 0 Å². The first-order chi connectivity index (χ1) is 9.33. The van der Waals surface area contributed by atoms with E-state index in [1.165, 1.54) is 11.1 Å². The molecule has 0 unspecified atom stereocenters. The molecule has 2 heterocycles. The maximum Gasteiger partial charge on any atom is 0.161 e. The highest BCUT2D eigenvalue weighted by Crippen LogP contribution is 2.30. The number of fused-ring (bicyclic) bond motifs is 1. The van der Waals surface area contributed by atoms with Crippen LogP contribution in [-0.4, -0.2) is 13.2 Å². The van der Waals surface area contributed by atoms with Crippen molar-refractivity contribution in [3.63, 3.8) is 0 Å². The van der Waals surface area contributed by atoms with E-state index in [1.807, 2.05) is 25.1 Å². The molecule has 1 aromatic carbocycles. The van der Waals surface area contributed by atoms with Crippen LogP contribution in [-0.2, 0) is 13.1 Å². The number of ether oxygens (including phenoxy) is 2. The molecule has 0 saturated carbocycles. The summed E-state index contributed by atoms with van der Waals surface area (Å²) < 4.78 is 16.4. The van der Waals surface area contributed by atoms with Crippen LogP contribution in [0.5, 0.6) is 11.5 Å². The summed E-state index contributed by atoms with van der Waals surface area (Å²) in [4.78, 5) is 0. The summed E-state index contributed by atoms with van der Waals surface area (Å²) in [6.07, 6.45) is 1.72. The van der Waals surface area contributed by atoms with Crippen molar-refractivity contribution in [2.24, 2.45) is 0 Å². The Hall–Kier alpha value is -1.94. The lowest BCUT2D eigenvalue weighted by atomic mass is 10.2. The zero-order valence-electron chi connectivity index (χ0n) is 10.9. The van der Waals surface area contributed by atoms with Crippen LogP contribution in [0.1, 0.15) is 16.9 Å². The van der Waals surface area contributed by atoms with Gasteiger partial charge in [0.2, 0.25) is 0 Å². The molecule has 1 aliphatic heterocycles. The van der Waals surface area contributed by atoms with E-state index in [0.29, 0.717) is 13.2 Å². The van der Waals surface area contributed by atoms with E-state index in [1.54, 1.807) is 6.26 Å². The minimum atomic E-state index is 0.621. The molecule has 2 aromatic rings. The van der Waals surface area contributed by atoms with E-state index in [0.717, 1.165) is 30.3 Å². The van der Waals surface area contributed by atoms with Crippen LogP contribution in [0, 0.1) is 6.92 Å². The number of nitrogens with one attached hydrogen (secondary N) is 1. The molecule has 0 radical (unpaired) electrons. The number of furan rings is 1. The second-order valence-electron chi connectivity index (χ2n) is 4.61. The number of hydrogen-bond acceptors (Lipinski definition) is 4. The summed E-state index contributed by atoms with van der Waals surface area (Å²) in [5.74, 6) is 2.65. The van der Waals surface area contributed by atoms with Gasteiger partial charge in [-0.3, -0.25) is 0 Å². The SMILES string of the molecule is Cc1ccoc1CNCc1ccc2c(c1)OCCO2. The summed E-state index contributed by atoms with van der Waals surface area (Å²) in [7, 11) is 0. The Kier molecular flexibility index (Phi) is 3.42. The van der Waals surface area contributed by atoms with Gasteiger partial charge in [-0.05, 0) is 36.2 Å². The molecule has 0 amide bonds. The molecule has 0 aliphatic carbocycles. The molecule has 1 aliphatic rings. The van der Waals surface area contributed by atoms with Gasteiger partial charge in [0.15, 0.2) is 11.5 Å². The Labute approximate surface area is 112 Å². The monoisotopic (exact) mass is 259 g/mol. The maximum absolute atomic E-state index is 5.56. The van der Waals surface area contributed by atoms with Crippen LogP contribution < -0.4 is 14.8 Å². The Morgan fingerprint density at radius 2 is 1.89 bits per heavy atom. The van der Waals surface area contributed by atoms with E-state index in [2.05, 4.69) is 11.4 Å². The molecule has 19 heavy (non-hydrogen) atoms. The molecule has 3 rings (SSSR count). The summed E-state index contributed by atoms with van der Waals surface area (Å²) in [6.45, 7) is 4.80. The standard InChI is InChI=1S/C15H17NO3/c1-11-4-5-17-15(11)10-16-9-12-2-3-13-14(8-12)19-7-6-18-13/h2-5,8,16H,6-7,9-10H2,1H3. The second-order valence-corrected chi connectivity index (χ2v) is 4.61. The van der Waals surface area contributed by atoms with Gasteiger partial charge >= 0.3 is 0 Å². The average Bonchev–Trinajstić information content (AvgIpc) is 2.84.